The minimum absolute atomic E-state index is 0.0752. The molecule has 1 unspecified atom stereocenters. The van der Waals surface area contributed by atoms with Crippen LogP contribution in [-0.4, -0.2) is 39.5 Å². The Kier molecular flexibility index (Phi) is 4.18. The van der Waals surface area contributed by atoms with Crippen LogP contribution in [0.15, 0.2) is 0 Å². The van der Waals surface area contributed by atoms with E-state index in [4.69, 9.17) is 5.11 Å². The zero-order valence-electron chi connectivity index (χ0n) is 8.79. The zero-order chi connectivity index (χ0) is 10.8. The number of rotatable bonds is 2. The molecule has 1 rings (SSSR count). The van der Waals surface area contributed by atoms with E-state index >= 15 is 0 Å². The molecule has 0 aromatic rings. The second-order valence-electron chi connectivity index (χ2n) is 4.53. The molecule has 3 nitrogen and oxygen atoms in total. The highest BCUT2D eigenvalue weighted by atomic mass is 127. The third-order valence-electron chi connectivity index (χ3n) is 2.63. The predicted molar refractivity (Wildman–Crippen MR) is 64.5 cm³/mol. The molecular weight excluding hydrogens is 293 g/mol. The van der Waals surface area contributed by atoms with Crippen molar-refractivity contribution in [2.24, 2.45) is 5.41 Å². The van der Waals surface area contributed by atoms with Crippen LogP contribution >= 0.6 is 22.6 Å². The van der Waals surface area contributed by atoms with Crippen molar-refractivity contribution < 1.29 is 9.90 Å². The van der Waals surface area contributed by atoms with Crippen LogP contribution in [-0.2, 0) is 4.79 Å². The summed E-state index contributed by atoms with van der Waals surface area (Å²) in [5.41, 5.74) is -0.617. The summed E-state index contributed by atoms with van der Waals surface area (Å²) >= 11 is 2.39. The zero-order valence-corrected chi connectivity index (χ0v) is 11.0. The molecule has 1 atom stereocenters. The van der Waals surface area contributed by atoms with Crippen LogP contribution in [0.2, 0.25) is 0 Å². The van der Waals surface area contributed by atoms with Gasteiger partial charge in [-0.3, -0.25) is 4.79 Å². The SMILES string of the molecule is CC(C)(CO)C(=O)N1CCCC(I)C1. The minimum Gasteiger partial charge on any atom is -0.395 e. The predicted octanol–water partition coefficient (Wildman–Crippen LogP) is 1.43. The van der Waals surface area contributed by atoms with Crippen molar-refractivity contribution in [3.63, 3.8) is 0 Å². The van der Waals surface area contributed by atoms with Crippen LogP contribution in [0, 0.1) is 5.41 Å². The van der Waals surface area contributed by atoms with Crippen LogP contribution in [0.3, 0.4) is 0 Å². The number of likely N-dealkylation sites (tertiary alicyclic amines) is 1. The highest BCUT2D eigenvalue weighted by molar-refractivity contribution is 14.1. The maximum absolute atomic E-state index is 12.0. The second-order valence-corrected chi connectivity index (χ2v) is 6.29. The number of carbonyl (C=O) groups is 1. The van der Waals surface area contributed by atoms with E-state index in [1.165, 1.54) is 6.42 Å². The lowest BCUT2D eigenvalue weighted by molar-refractivity contribution is -0.143. The minimum atomic E-state index is -0.617. The van der Waals surface area contributed by atoms with E-state index in [1.54, 1.807) is 13.8 Å². The topological polar surface area (TPSA) is 40.5 Å². The molecule has 1 heterocycles. The molecule has 0 aliphatic carbocycles. The molecule has 0 spiro atoms. The van der Waals surface area contributed by atoms with Crippen molar-refractivity contribution >= 4 is 28.5 Å². The van der Waals surface area contributed by atoms with Crippen molar-refractivity contribution in [3.05, 3.63) is 0 Å². The van der Waals surface area contributed by atoms with Gasteiger partial charge < -0.3 is 10.0 Å². The lowest BCUT2D eigenvalue weighted by Gasteiger charge is -2.35. The highest BCUT2D eigenvalue weighted by Crippen LogP contribution is 2.23. The molecule has 1 fully saturated rings. The smallest absolute Gasteiger partial charge is 0.230 e. The monoisotopic (exact) mass is 311 g/mol. The Bertz CT molecular complexity index is 218. The summed E-state index contributed by atoms with van der Waals surface area (Å²) in [6.07, 6.45) is 2.28. The van der Waals surface area contributed by atoms with Crippen molar-refractivity contribution in [2.45, 2.75) is 30.6 Å². The summed E-state index contributed by atoms with van der Waals surface area (Å²) in [5, 5.41) is 9.11. The van der Waals surface area contributed by atoms with Gasteiger partial charge in [-0.25, -0.2) is 0 Å². The summed E-state index contributed by atoms with van der Waals surface area (Å²) in [4.78, 5) is 13.8. The first-order chi connectivity index (χ1) is 6.47. The van der Waals surface area contributed by atoms with Gasteiger partial charge in [0.25, 0.3) is 0 Å². The lowest BCUT2D eigenvalue weighted by atomic mass is 9.92. The molecular formula is C10H18INO2. The summed E-state index contributed by atoms with van der Waals surface area (Å²) in [5.74, 6) is 0.0846. The van der Waals surface area contributed by atoms with Gasteiger partial charge in [0.1, 0.15) is 0 Å². The lowest BCUT2D eigenvalue weighted by Crippen LogP contribution is -2.47. The number of piperidine rings is 1. The maximum Gasteiger partial charge on any atom is 0.230 e. The molecule has 0 radical (unpaired) electrons. The largest absolute Gasteiger partial charge is 0.395 e. The van der Waals surface area contributed by atoms with Gasteiger partial charge in [0, 0.05) is 17.0 Å². The molecule has 1 amide bonds. The summed E-state index contributed by atoms with van der Waals surface area (Å²) in [7, 11) is 0. The van der Waals surface area contributed by atoms with Crippen LogP contribution in [0.1, 0.15) is 26.7 Å². The first-order valence-corrected chi connectivity index (χ1v) is 6.26. The van der Waals surface area contributed by atoms with E-state index in [-0.39, 0.29) is 12.5 Å². The number of aliphatic hydroxyl groups excluding tert-OH is 1. The summed E-state index contributed by atoms with van der Waals surface area (Å²) in [6, 6.07) is 0. The molecule has 4 heteroatoms. The quantitative estimate of drug-likeness (QED) is 0.619. The van der Waals surface area contributed by atoms with E-state index in [2.05, 4.69) is 22.6 Å². The average molecular weight is 311 g/mol. The summed E-state index contributed by atoms with van der Waals surface area (Å²) in [6.45, 7) is 5.21. The van der Waals surface area contributed by atoms with Crippen molar-refractivity contribution in [2.75, 3.05) is 19.7 Å². The van der Waals surface area contributed by atoms with Crippen LogP contribution in [0.5, 0.6) is 0 Å². The average Bonchev–Trinajstić information content (AvgIpc) is 2.16. The Balaban J connectivity index is 2.60. The van der Waals surface area contributed by atoms with Crippen molar-refractivity contribution in [1.82, 2.24) is 4.90 Å². The van der Waals surface area contributed by atoms with Crippen LogP contribution in [0.4, 0.5) is 0 Å². The molecule has 82 valence electrons. The number of carbonyl (C=O) groups excluding carboxylic acids is 1. The van der Waals surface area contributed by atoms with Gasteiger partial charge in [0.15, 0.2) is 0 Å². The van der Waals surface area contributed by atoms with Gasteiger partial charge in [-0.15, -0.1) is 0 Å². The number of aliphatic hydroxyl groups is 1. The number of hydrogen-bond donors (Lipinski definition) is 1. The molecule has 14 heavy (non-hydrogen) atoms. The molecule has 1 aliphatic heterocycles. The standard InChI is InChI=1S/C10H18INO2/c1-10(2,7-13)9(14)12-5-3-4-8(11)6-12/h8,13H,3-7H2,1-2H3. The molecule has 0 saturated carbocycles. The van der Waals surface area contributed by atoms with E-state index in [9.17, 15) is 4.79 Å². The molecule has 1 N–H and O–H groups in total. The fourth-order valence-electron chi connectivity index (χ4n) is 1.61. The third kappa shape index (κ3) is 2.82. The fourth-order valence-corrected chi connectivity index (χ4v) is 2.52. The number of nitrogens with zero attached hydrogens (tertiary/aromatic N) is 1. The number of alkyl halides is 1. The Morgan fingerprint density at radius 2 is 2.29 bits per heavy atom. The molecule has 0 bridgehead atoms. The van der Waals surface area contributed by atoms with Gasteiger partial charge >= 0.3 is 0 Å². The third-order valence-corrected chi connectivity index (χ3v) is 3.64. The van der Waals surface area contributed by atoms with E-state index in [0.717, 1.165) is 19.5 Å². The Hall–Kier alpha value is 0.160. The van der Waals surface area contributed by atoms with Gasteiger partial charge in [0.2, 0.25) is 5.91 Å². The first-order valence-electron chi connectivity index (χ1n) is 5.01. The number of hydrogen-bond acceptors (Lipinski definition) is 2. The van der Waals surface area contributed by atoms with Crippen LogP contribution in [0.25, 0.3) is 0 Å². The van der Waals surface area contributed by atoms with Crippen LogP contribution < -0.4 is 0 Å². The fraction of sp³-hybridized carbons (Fsp3) is 0.900. The molecule has 1 saturated heterocycles. The number of amides is 1. The molecule has 0 aromatic heterocycles. The van der Waals surface area contributed by atoms with Gasteiger partial charge in [-0.2, -0.15) is 0 Å². The van der Waals surface area contributed by atoms with Gasteiger partial charge in [-0.1, -0.05) is 22.6 Å². The Labute approximate surface area is 99.0 Å². The van der Waals surface area contributed by atoms with Gasteiger partial charge in [0.05, 0.1) is 12.0 Å². The van der Waals surface area contributed by atoms with Crippen molar-refractivity contribution in [3.8, 4) is 0 Å². The highest BCUT2D eigenvalue weighted by Gasteiger charge is 2.33. The molecule has 1 aliphatic rings. The first kappa shape index (κ1) is 12.2. The summed E-state index contributed by atoms with van der Waals surface area (Å²) < 4.78 is 0.569. The van der Waals surface area contributed by atoms with E-state index < -0.39 is 5.41 Å². The molecule has 0 aromatic carbocycles. The normalized spacial score (nSPS) is 23.7. The Morgan fingerprint density at radius 1 is 1.64 bits per heavy atom. The van der Waals surface area contributed by atoms with E-state index in [0.29, 0.717) is 3.92 Å². The Morgan fingerprint density at radius 3 is 2.79 bits per heavy atom. The number of halogens is 1. The second kappa shape index (κ2) is 4.79. The van der Waals surface area contributed by atoms with Crippen molar-refractivity contribution in [1.29, 1.82) is 0 Å². The van der Waals surface area contributed by atoms with Gasteiger partial charge in [-0.05, 0) is 26.7 Å². The van der Waals surface area contributed by atoms with E-state index in [1.807, 2.05) is 4.90 Å². The maximum atomic E-state index is 12.0.